The summed E-state index contributed by atoms with van der Waals surface area (Å²) in [6.07, 6.45) is 2.90. The number of aromatic carboxylic acids is 1. The van der Waals surface area contributed by atoms with Crippen molar-refractivity contribution >= 4 is 5.97 Å². The minimum Gasteiger partial charge on any atom is -0.545 e. The monoisotopic (exact) mass is 149 g/mol. The normalized spacial score (nSPS) is 8.00. The molecule has 0 atom stereocenters. The number of H-pyrrole nitrogens is 1. The number of carboxylic acid groups (broad SMARTS) is 1. The standard InChI is InChI=1S/C5H5NO2.K/c7-5(8)4-1-2-6-3-4;/h1-3,6H,(H,7,8);/q;+1/p-1. The van der Waals surface area contributed by atoms with Gasteiger partial charge in [0.05, 0.1) is 5.97 Å². The number of nitrogens with one attached hydrogen (secondary N) is 1. The molecule has 1 rings (SSSR count). The van der Waals surface area contributed by atoms with E-state index < -0.39 is 5.97 Å². The smallest absolute Gasteiger partial charge is 0.545 e. The zero-order valence-electron chi connectivity index (χ0n) is 5.05. The molecule has 4 heteroatoms. The van der Waals surface area contributed by atoms with Gasteiger partial charge in [0, 0.05) is 18.0 Å². The number of aromatic amines is 1. The SMILES string of the molecule is O=C([O-])c1cc[nH]c1.[K+]. The largest absolute Gasteiger partial charge is 1.00 e. The van der Waals surface area contributed by atoms with Gasteiger partial charge in [0.15, 0.2) is 0 Å². The maximum atomic E-state index is 9.93. The van der Waals surface area contributed by atoms with E-state index in [9.17, 15) is 9.90 Å². The summed E-state index contributed by atoms with van der Waals surface area (Å²) in [4.78, 5) is 12.5. The molecule has 0 amide bonds. The maximum absolute atomic E-state index is 9.93. The van der Waals surface area contributed by atoms with Crippen LogP contribution >= 0.6 is 0 Å². The van der Waals surface area contributed by atoms with E-state index in [1.54, 1.807) is 0 Å². The van der Waals surface area contributed by atoms with Crippen LogP contribution in [0, 0.1) is 0 Å². The Morgan fingerprint density at radius 1 is 1.67 bits per heavy atom. The molecular formula is C5H4KNO2. The fourth-order valence-electron chi connectivity index (χ4n) is 0.451. The van der Waals surface area contributed by atoms with Crippen LogP contribution in [-0.2, 0) is 0 Å². The van der Waals surface area contributed by atoms with Crippen molar-refractivity contribution in [3.05, 3.63) is 24.0 Å². The molecule has 0 unspecified atom stereocenters. The molecule has 0 aliphatic heterocycles. The quantitative estimate of drug-likeness (QED) is 0.419. The molecule has 42 valence electrons. The van der Waals surface area contributed by atoms with E-state index in [0.29, 0.717) is 0 Å². The van der Waals surface area contributed by atoms with Crippen LogP contribution in [0.5, 0.6) is 0 Å². The van der Waals surface area contributed by atoms with Crippen molar-refractivity contribution in [2.45, 2.75) is 0 Å². The maximum Gasteiger partial charge on any atom is 1.00 e. The molecule has 0 radical (unpaired) electrons. The van der Waals surface area contributed by atoms with Gasteiger partial charge < -0.3 is 14.9 Å². The number of hydrogen-bond acceptors (Lipinski definition) is 2. The van der Waals surface area contributed by atoms with E-state index in [1.807, 2.05) is 0 Å². The van der Waals surface area contributed by atoms with Crippen molar-refractivity contribution in [1.82, 2.24) is 4.98 Å². The number of rotatable bonds is 1. The van der Waals surface area contributed by atoms with Crippen LogP contribution in [0.3, 0.4) is 0 Å². The van der Waals surface area contributed by atoms with Crippen molar-refractivity contribution < 1.29 is 61.3 Å². The average Bonchev–Trinajstić information content (AvgIpc) is 2.12. The second-order valence-electron chi connectivity index (χ2n) is 1.39. The van der Waals surface area contributed by atoms with Crippen LogP contribution < -0.4 is 56.5 Å². The topological polar surface area (TPSA) is 55.9 Å². The van der Waals surface area contributed by atoms with Gasteiger partial charge >= 0.3 is 51.4 Å². The molecule has 3 nitrogen and oxygen atoms in total. The van der Waals surface area contributed by atoms with Gasteiger partial charge in [-0.1, -0.05) is 0 Å². The Balaban J connectivity index is 0.000000640. The Morgan fingerprint density at radius 2 is 2.33 bits per heavy atom. The molecule has 1 aromatic heterocycles. The molecular weight excluding hydrogens is 145 g/mol. The molecule has 0 fully saturated rings. The van der Waals surface area contributed by atoms with Gasteiger partial charge in [-0.05, 0) is 6.07 Å². The van der Waals surface area contributed by atoms with E-state index in [-0.39, 0.29) is 56.9 Å². The van der Waals surface area contributed by atoms with Crippen LogP contribution in [0.2, 0.25) is 0 Å². The van der Waals surface area contributed by atoms with E-state index in [1.165, 1.54) is 18.5 Å². The fourth-order valence-corrected chi connectivity index (χ4v) is 0.451. The molecule has 0 aliphatic rings. The van der Waals surface area contributed by atoms with Gasteiger partial charge in [0.25, 0.3) is 0 Å². The Kier molecular flexibility index (Phi) is 4.42. The Morgan fingerprint density at radius 3 is 2.56 bits per heavy atom. The summed E-state index contributed by atoms with van der Waals surface area (Å²) in [5.74, 6) is -1.15. The van der Waals surface area contributed by atoms with Crippen molar-refractivity contribution in [2.75, 3.05) is 0 Å². The molecule has 0 aliphatic carbocycles. The minimum absolute atomic E-state index is 0. The molecule has 1 heterocycles. The summed E-state index contributed by atoms with van der Waals surface area (Å²) >= 11 is 0. The van der Waals surface area contributed by atoms with E-state index in [2.05, 4.69) is 4.98 Å². The number of carboxylic acids is 1. The Bertz CT molecular complexity index is 183. The van der Waals surface area contributed by atoms with Crippen molar-refractivity contribution in [3.63, 3.8) is 0 Å². The van der Waals surface area contributed by atoms with Crippen LogP contribution in [0.15, 0.2) is 18.5 Å². The predicted molar refractivity (Wildman–Crippen MR) is 25.1 cm³/mol. The van der Waals surface area contributed by atoms with Crippen LogP contribution in [0.25, 0.3) is 0 Å². The zero-order valence-corrected chi connectivity index (χ0v) is 8.17. The van der Waals surface area contributed by atoms with Gasteiger partial charge in [-0.25, -0.2) is 0 Å². The second kappa shape index (κ2) is 4.24. The summed E-state index contributed by atoms with van der Waals surface area (Å²) in [6, 6.07) is 1.44. The third kappa shape index (κ3) is 2.64. The molecule has 0 aromatic carbocycles. The van der Waals surface area contributed by atoms with Crippen LogP contribution in [-0.4, -0.2) is 11.0 Å². The van der Waals surface area contributed by atoms with Gasteiger partial charge in [-0.3, -0.25) is 0 Å². The Hall–Kier alpha value is 0.386. The van der Waals surface area contributed by atoms with Gasteiger partial charge in [0.2, 0.25) is 0 Å². The molecule has 0 spiro atoms. The third-order valence-electron chi connectivity index (χ3n) is 0.834. The van der Waals surface area contributed by atoms with Gasteiger partial charge in [-0.15, -0.1) is 0 Å². The van der Waals surface area contributed by atoms with Gasteiger partial charge in [0.1, 0.15) is 0 Å². The number of carbonyl (C=O) groups excluding carboxylic acids is 1. The predicted octanol–water partition coefficient (Wildman–Crippen LogP) is -3.62. The Labute approximate surface area is 94.9 Å². The van der Waals surface area contributed by atoms with E-state index >= 15 is 0 Å². The zero-order chi connectivity index (χ0) is 5.98. The average molecular weight is 149 g/mol. The fraction of sp³-hybridized carbons (Fsp3) is 0. The summed E-state index contributed by atoms with van der Waals surface area (Å²) < 4.78 is 0. The van der Waals surface area contributed by atoms with Crippen molar-refractivity contribution in [2.24, 2.45) is 0 Å². The van der Waals surface area contributed by atoms with Crippen molar-refractivity contribution in [3.8, 4) is 0 Å². The van der Waals surface area contributed by atoms with Crippen LogP contribution in [0.4, 0.5) is 0 Å². The molecule has 9 heavy (non-hydrogen) atoms. The van der Waals surface area contributed by atoms with Crippen LogP contribution in [0.1, 0.15) is 10.4 Å². The molecule has 1 N–H and O–H groups in total. The summed E-state index contributed by atoms with van der Waals surface area (Å²) in [5, 5.41) is 9.93. The van der Waals surface area contributed by atoms with E-state index in [4.69, 9.17) is 0 Å². The minimum atomic E-state index is -1.15. The molecule has 1 aromatic rings. The second-order valence-corrected chi connectivity index (χ2v) is 1.39. The number of aromatic nitrogens is 1. The summed E-state index contributed by atoms with van der Waals surface area (Å²) in [5.41, 5.74) is 0.185. The number of hydrogen-bond donors (Lipinski definition) is 1. The van der Waals surface area contributed by atoms with E-state index in [0.717, 1.165) is 0 Å². The first-order valence-electron chi connectivity index (χ1n) is 2.15. The first kappa shape index (κ1) is 9.39. The molecule has 0 saturated carbocycles. The first-order chi connectivity index (χ1) is 3.80. The first-order valence-corrected chi connectivity index (χ1v) is 2.15. The molecule has 0 saturated heterocycles. The number of carbonyl (C=O) groups is 1. The summed E-state index contributed by atoms with van der Waals surface area (Å²) in [7, 11) is 0. The summed E-state index contributed by atoms with van der Waals surface area (Å²) in [6.45, 7) is 0. The molecule has 0 bridgehead atoms. The third-order valence-corrected chi connectivity index (χ3v) is 0.834. The van der Waals surface area contributed by atoms with Gasteiger partial charge in [-0.2, -0.15) is 0 Å². The van der Waals surface area contributed by atoms with Crippen molar-refractivity contribution in [1.29, 1.82) is 0 Å².